The Balaban J connectivity index is 0.000000164. The fraction of sp³-hybridized carbons (Fsp3) is 0.311. The van der Waals surface area contributed by atoms with E-state index in [0.717, 1.165) is 145 Å². The molecule has 0 bridgehead atoms. The van der Waals surface area contributed by atoms with Crippen LogP contribution in [0, 0.1) is 0 Å². The van der Waals surface area contributed by atoms with E-state index in [2.05, 4.69) is 132 Å². The Hall–Kier alpha value is -11.0. The average Bonchev–Trinajstić information content (AvgIpc) is 1.40. The molecule has 0 radical (unpaired) electrons. The molecule has 0 saturated heterocycles. The van der Waals surface area contributed by atoms with E-state index in [1.54, 1.807) is 67.4 Å². The molecule has 4 N–H and O–H groups in total. The summed E-state index contributed by atoms with van der Waals surface area (Å²) in [5, 5.41) is 25.4. The number of benzene rings is 6. The van der Waals surface area contributed by atoms with Gasteiger partial charge in [-0.15, -0.1) is 0 Å². The van der Waals surface area contributed by atoms with Crippen LogP contribution in [-0.2, 0) is 6.98 Å². The molecule has 6 aromatic carbocycles. The number of nitrogens with one attached hydrogen (secondary N) is 4. The van der Waals surface area contributed by atoms with Crippen LogP contribution in [0.3, 0.4) is 0 Å². The first-order chi connectivity index (χ1) is 48.8. The molecule has 0 saturated carbocycles. The van der Waals surface area contributed by atoms with Crippen molar-refractivity contribution in [3.8, 4) is 68.3 Å². The highest BCUT2D eigenvalue weighted by atomic mass is 16.5. The van der Waals surface area contributed by atoms with Crippen molar-refractivity contribution in [2.45, 2.75) is 59.7 Å². The molecule has 0 aliphatic heterocycles. The molecular formula is C74H88N18O6. The van der Waals surface area contributed by atoms with Gasteiger partial charge in [-0.1, -0.05) is 27.7 Å². The zero-order valence-electron chi connectivity index (χ0n) is 60.8. The minimum Gasteiger partial charge on any atom is -0.497 e. The number of ether oxygens (including phenoxy) is 6. The van der Waals surface area contributed by atoms with Gasteiger partial charge in [-0.2, -0.15) is 15.3 Å². The molecule has 98 heavy (non-hydrogen) atoms. The van der Waals surface area contributed by atoms with Crippen LogP contribution in [0.4, 0.5) is 34.1 Å². The Morgan fingerprint density at radius 2 is 0.908 bits per heavy atom. The summed E-state index contributed by atoms with van der Waals surface area (Å²) in [6.07, 6.45) is 15.5. The maximum Gasteiger partial charge on any atom is 0.142 e. The third-order valence-electron chi connectivity index (χ3n) is 15.9. The number of aryl methyl sites for hydroxylation is 1. The van der Waals surface area contributed by atoms with Crippen LogP contribution in [0.25, 0.3) is 66.9 Å². The first-order valence-electron chi connectivity index (χ1n) is 33.8. The van der Waals surface area contributed by atoms with Crippen LogP contribution in [0.2, 0.25) is 0 Å². The van der Waals surface area contributed by atoms with Gasteiger partial charge in [0.05, 0.1) is 136 Å². The number of anilines is 6. The fourth-order valence-corrected chi connectivity index (χ4v) is 10.8. The van der Waals surface area contributed by atoms with Gasteiger partial charge in [0.25, 0.3) is 0 Å². The molecule has 12 aromatic rings. The lowest BCUT2D eigenvalue weighted by Crippen LogP contribution is -2.32. The van der Waals surface area contributed by atoms with Crippen LogP contribution < -0.4 is 59.1 Å². The molecule has 12 rings (SSSR count). The van der Waals surface area contributed by atoms with Crippen molar-refractivity contribution in [3.63, 3.8) is 0 Å². The fourth-order valence-electron chi connectivity index (χ4n) is 10.8. The average molecular weight is 1330 g/mol. The van der Waals surface area contributed by atoms with Gasteiger partial charge in [0.1, 0.15) is 34.5 Å². The number of rotatable bonds is 27. The highest BCUT2D eigenvalue weighted by Gasteiger charge is 2.20. The first-order valence-corrected chi connectivity index (χ1v) is 32.3. The number of hydrogen-bond donors (Lipinski definition) is 4. The van der Waals surface area contributed by atoms with Gasteiger partial charge < -0.3 is 59.1 Å². The number of likely N-dealkylation sites (N-methyl/N-ethyl adjacent to an activating group) is 1. The molecular weight excluding hydrogens is 1240 g/mol. The lowest BCUT2D eigenvalue weighted by atomic mass is 10.2. The molecule has 6 heterocycles. The normalized spacial score (nSPS) is 11.8. The van der Waals surface area contributed by atoms with E-state index in [1.165, 1.54) is 12.4 Å². The number of methoxy groups -OCH3 is 6. The summed E-state index contributed by atoms with van der Waals surface area (Å²) in [6, 6.07) is 36.7. The number of nitrogens with zero attached hydrogens (tertiary/aromatic N) is 14. The number of aromatic nitrogens is 12. The standard InChI is InChI=1S/2C25H30N6O2.C24H28N6O2/c1-17(2)26-8-9-31(20-10-21(32-4)13-22(11-20)33-5)19-6-7-23-24(12-19)29-25(15-27-23)18-14-28-30(3)16-18;1-17(2)31-16-18(14-28-31)25-15-27-23-7-6-19(12-24(23)29-25)30(9-8-26-3)20-10-21(32-4)13-22(11-20)33-5;1-16(2)25-9-10-30(23-12-19(31-3)6-8-24(23)32-4)18-5-7-20-21(11-18)29-22(15-26-20)17-13-27-28-14-17/h2*6-7,10-17,26H,8-9H2,1-5H3;5-8,11-16,25H,9-10H2,1-4H3,(H,27,28)/i3D3;;. The van der Waals surface area contributed by atoms with E-state index >= 15 is 0 Å². The van der Waals surface area contributed by atoms with Gasteiger partial charge in [0.15, 0.2) is 0 Å². The summed E-state index contributed by atoms with van der Waals surface area (Å²) in [5.41, 5.74) is 15.0. The maximum atomic E-state index is 7.55. The zero-order chi connectivity index (χ0) is 71.7. The predicted octanol–water partition coefficient (Wildman–Crippen LogP) is 12.8. The topological polar surface area (TPSA) is 243 Å². The minimum atomic E-state index is -2.35. The molecule has 0 unspecified atom stereocenters. The van der Waals surface area contributed by atoms with Crippen molar-refractivity contribution in [3.05, 3.63) is 165 Å². The monoisotopic (exact) mass is 1330 g/mol. The van der Waals surface area contributed by atoms with Gasteiger partial charge in [-0.3, -0.25) is 29.4 Å². The molecule has 6 aromatic heterocycles. The van der Waals surface area contributed by atoms with Gasteiger partial charge in [-0.05, 0) is 87.6 Å². The number of fused-ring (bicyclic) bond motifs is 3. The van der Waals surface area contributed by atoms with E-state index in [0.29, 0.717) is 52.9 Å². The van der Waals surface area contributed by atoms with Crippen LogP contribution in [0.15, 0.2) is 165 Å². The van der Waals surface area contributed by atoms with Crippen LogP contribution in [0.1, 0.15) is 51.7 Å². The smallest absolute Gasteiger partial charge is 0.142 e. The van der Waals surface area contributed by atoms with Crippen LogP contribution in [0.5, 0.6) is 34.5 Å². The highest BCUT2D eigenvalue weighted by molar-refractivity contribution is 5.86. The molecule has 0 fully saturated rings. The molecule has 0 spiro atoms. The van der Waals surface area contributed by atoms with Crippen molar-refractivity contribution in [1.29, 1.82) is 0 Å². The van der Waals surface area contributed by atoms with Crippen molar-refractivity contribution < 1.29 is 32.5 Å². The molecule has 510 valence electrons. The number of aromatic amines is 1. The van der Waals surface area contributed by atoms with Crippen molar-refractivity contribution in [2.24, 2.45) is 6.98 Å². The molecule has 0 atom stereocenters. The SMILES string of the molecule is CNCCN(c1cc(OC)cc(OC)c1)c1ccc2ncc(-c3cnn(C(C)C)c3)nc2c1.COc1ccc(OC)c(N(CCNC(C)C)c2ccc3ncc(-c4cn[nH]c4)nc3c2)c1.[2H]C([2H])([2H])n1cc(-c2cnc3ccc(N(CCNC(C)C)c4cc(OC)cc(OC)c4)cc3n2)cn1. The number of hydrogen-bond acceptors (Lipinski definition) is 21. The quantitative estimate of drug-likeness (QED) is 0.0374. The summed E-state index contributed by atoms with van der Waals surface area (Å²) in [4.78, 5) is 34.8. The van der Waals surface area contributed by atoms with Crippen molar-refractivity contribution in [2.75, 3.05) is 104 Å². The Bertz CT molecular complexity index is 4640. The molecule has 0 aliphatic rings. The summed E-state index contributed by atoms with van der Waals surface area (Å²) in [6.45, 7) is 14.9. The lowest BCUT2D eigenvalue weighted by molar-refractivity contribution is 0.394. The van der Waals surface area contributed by atoms with Gasteiger partial charge in [-0.25, -0.2) is 15.0 Å². The van der Waals surface area contributed by atoms with E-state index < -0.39 is 6.98 Å². The summed E-state index contributed by atoms with van der Waals surface area (Å²) >= 11 is 0. The first kappa shape index (κ1) is 65.7. The van der Waals surface area contributed by atoms with E-state index in [1.807, 2.05) is 115 Å². The van der Waals surface area contributed by atoms with E-state index in [4.69, 9.17) is 47.5 Å². The molecule has 0 amide bonds. The second-order valence-electron chi connectivity index (χ2n) is 23.7. The van der Waals surface area contributed by atoms with E-state index in [9.17, 15) is 0 Å². The summed E-state index contributed by atoms with van der Waals surface area (Å²) < 4.78 is 58.6. The Morgan fingerprint density at radius 3 is 1.33 bits per heavy atom. The summed E-state index contributed by atoms with van der Waals surface area (Å²) in [5.74, 6) is 4.41. The zero-order valence-corrected chi connectivity index (χ0v) is 57.8. The second-order valence-corrected chi connectivity index (χ2v) is 23.7. The van der Waals surface area contributed by atoms with Gasteiger partial charge in [0, 0.05) is 175 Å². The van der Waals surface area contributed by atoms with Crippen LogP contribution in [-0.4, -0.2) is 161 Å². The largest absolute Gasteiger partial charge is 0.497 e. The maximum absolute atomic E-state index is 7.55. The number of H-pyrrole nitrogens is 1. The van der Waals surface area contributed by atoms with Gasteiger partial charge >= 0.3 is 0 Å². The minimum absolute atomic E-state index is 0.291. The highest BCUT2D eigenvalue weighted by Crippen LogP contribution is 2.39. The summed E-state index contributed by atoms with van der Waals surface area (Å²) in [7, 11) is 11.9. The van der Waals surface area contributed by atoms with Crippen molar-refractivity contribution in [1.82, 2.24) is 75.6 Å². The Labute approximate surface area is 576 Å². The van der Waals surface area contributed by atoms with E-state index in [-0.39, 0.29) is 0 Å². The Kier molecular flexibility index (Phi) is 22.2. The van der Waals surface area contributed by atoms with Gasteiger partial charge in [0.2, 0.25) is 0 Å². The third-order valence-corrected chi connectivity index (χ3v) is 15.9. The molecule has 24 heteroatoms. The van der Waals surface area contributed by atoms with Crippen LogP contribution >= 0.6 is 0 Å². The second kappa shape index (κ2) is 33.1. The van der Waals surface area contributed by atoms with Crippen molar-refractivity contribution >= 4 is 67.2 Å². The molecule has 0 aliphatic carbocycles. The molecule has 24 nitrogen and oxygen atoms in total. The third kappa shape index (κ3) is 17.5. The lowest BCUT2D eigenvalue weighted by Gasteiger charge is -2.28. The predicted molar refractivity (Wildman–Crippen MR) is 390 cm³/mol. The Morgan fingerprint density at radius 1 is 0.449 bits per heavy atom.